The molecule has 1 heterocycles. The number of carbonyl (C=O) groups excluding carboxylic acids is 1. The number of anilines is 2. The summed E-state index contributed by atoms with van der Waals surface area (Å²) in [6, 6.07) is 7.53. The molecule has 0 aliphatic rings. The smallest absolute Gasteiger partial charge is 0.258 e. The van der Waals surface area contributed by atoms with Gasteiger partial charge in [-0.1, -0.05) is 17.2 Å². The lowest BCUT2D eigenvalue weighted by Gasteiger charge is -2.19. The molecule has 0 saturated carbocycles. The molecule has 0 aliphatic carbocycles. The van der Waals surface area contributed by atoms with Crippen molar-refractivity contribution in [2.24, 2.45) is 0 Å². The number of hydrogen-bond acceptors (Lipinski definition) is 3. The molecule has 2 aromatic rings. The SMILES string of the molecule is Cc1cc(C)cc(C(=O)N(C)c2ccncc2N)c1. The van der Waals surface area contributed by atoms with Gasteiger partial charge in [-0.2, -0.15) is 0 Å². The molecule has 1 amide bonds. The average Bonchev–Trinajstić information content (AvgIpc) is 2.36. The largest absolute Gasteiger partial charge is 0.396 e. The maximum absolute atomic E-state index is 12.5. The van der Waals surface area contributed by atoms with E-state index in [-0.39, 0.29) is 5.91 Å². The molecule has 0 bridgehead atoms. The first-order chi connectivity index (χ1) is 8.99. The number of benzene rings is 1. The van der Waals surface area contributed by atoms with E-state index < -0.39 is 0 Å². The number of nitrogens with two attached hydrogens (primary N) is 1. The van der Waals surface area contributed by atoms with E-state index >= 15 is 0 Å². The summed E-state index contributed by atoms with van der Waals surface area (Å²) in [5.41, 5.74) is 9.80. The molecule has 0 fully saturated rings. The lowest BCUT2D eigenvalue weighted by Crippen LogP contribution is -2.27. The highest BCUT2D eigenvalue weighted by atomic mass is 16.2. The number of rotatable bonds is 2. The standard InChI is InChI=1S/C15H17N3O/c1-10-6-11(2)8-12(7-10)15(19)18(3)14-4-5-17-9-13(14)16/h4-9H,16H2,1-3H3. The maximum atomic E-state index is 12.5. The van der Waals surface area contributed by atoms with Crippen LogP contribution in [0.4, 0.5) is 11.4 Å². The van der Waals surface area contributed by atoms with Crippen LogP contribution in [0.25, 0.3) is 0 Å². The second kappa shape index (κ2) is 5.10. The molecule has 4 heteroatoms. The number of nitrogen functional groups attached to an aromatic ring is 1. The van der Waals surface area contributed by atoms with Crippen LogP contribution in [0.3, 0.4) is 0 Å². The van der Waals surface area contributed by atoms with Crippen LogP contribution in [0.1, 0.15) is 21.5 Å². The highest BCUT2D eigenvalue weighted by Gasteiger charge is 2.15. The Labute approximate surface area is 112 Å². The van der Waals surface area contributed by atoms with E-state index in [9.17, 15) is 4.79 Å². The van der Waals surface area contributed by atoms with Crippen molar-refractivity contribution in [3.8, 4) is 0 Å². The summed E-state index contributed by atoms with van der Waals surface area (Å²) < 4.78 is 0. The van der Waals surface area contributed by atoms with Crippen molar-refractivity contribution >= 4 is 17.3 Å². The van der Waals surface area contributed by atoms with Crippen LogP contribution in [-0.2, 0) is 0 Å². The molecule has 2 N–H and O–H groups in total. The number of hydrogen-bond donors (Lipinski definition) is 1. The van der Waals surface area contributed by atoms with Crippen molar-refractivity contribution in [2.45, 2.75) is 13.8 Å². The number of nitrogens with zero attached hydrogens (tertiary/aromatic N) is 2. The van der Waals surface area contributed by atoms with Crippen molar-refractivity contribution in [1.82, 2.24) is 4.98 Å². The van der Waals surface area contributed by atoms with Crippen LogP contribution in [0, 0.1) is 13.8 Å². The van der Waals surface area contributed by atoms with E-state index in [0.717, 1.165) is 11.1 Å². The molecule has 4 nitrogen and oxygen atoms in total. The molecular weight excluding hydrogens is 238 g/mol. The van der Waals surface area contributed by atoms with Gasteiger partial charge in [0.25, 0.3) is 5.91 Å². The van der Waals surface area contributed by atoms with Crippen molar-refractivity contribution < 1.29 is 4.79 Å². The highest BCUT2D eigenvalue weighted by molar-refractivity contribution is 6.07. The Morgan fingerprint density at radius 3 is 2.42 bits per heavy atom. The molecule has 1 aromatic carbocycles. The Hall–Kier alpha value is -2.36. The third-order valence-corrected chi connectivity index (χ3v) is 2.96. The average molecular weight is 255 g/mol. The van der Waals surface area contributed by atoms with Crippen LogP contribution >= 0.6 is 0 Å². The molecule has 98 valence electrons. The van der Waals surface area contributed by atoms with Gasteiger partial charge in [0.05, 0.1) is 17.6 Å². The zero-order valence-corrected chi connectivity index (χ0v) is 11.3. The van der Waals surface area contributed by atoms with E-state index in [1.165, 1.54) is 0 Å². The maximum Gasteiger partial charge on any atom is 0.258 e. The summed E-state index contributed by atoms with van der Waals surface area (Å²) in [5, 5.41) is 0. The first-order valence-electron chi connectivity index (χ1n) is 6.05. The fourth-order valence-electron chi connectivity index (χ4n) is 2.11. The van der Waals surface area contributed by atoms with Crippen molar-refractivity contribution in [3.63, 3.8) is 0 Å². The van der Waals surface area contributed by atoms with Gasteiger partial charge >= 0.3 is 0 Å². The van der Waals surface area contributed by atoms with Crippen LogP contribution in [0.15, 0.2) is 36.7 Å². The van der Waals surface area contributed by atoms with Crippen molar-refractivity contribution in [1.29, 1.82) is 0 Å². The zero-order valence-electron chi connectivity index (χ0n) is 11.3. The van der Waals surface area contributed by atoms with Gasteiger partial charge in [-0.25, -0.2) is 0 Å². The van der Waals surface area contributed by atoms with Crippen LogP contribution in [-0.4, -0.2) is 17.9 Å². The Morgan fingerprint density at radius 2 is 1.84 bits per heavy atom. The van der Waals surface area contributed by atoms with Gasteiger partial charge in [0, 0.05) is 18.8 Å². The fourth-order valence-corrected chi connectivity index (χ4v) is 2.11. The second-order valence-corrected chi connectivity index (χ2v) is 4.68. The molecule has 2 rings (SSSR count). The van der Waals surface area contributed by atoms with Crippen LogP contribution < -0.4 is 10.6 Å². The van der Waals surface area contributed by atoms with E-state index in [4.69, 9.17) is 5.73 Å². The fraction of sp³-hybridized carbons (Fsp3) is 0.200. The molecule has 0 aliphatic heterocycles. The van der Waals surface area contributed by atoms with E-state index in [1.54, 1.807) is 30.4 Å². The Balaban J connectivity index is 2.36. The van der Waals surface area contributed by atoms with Crippen LogP contribution in [0.2, 0.25) is 0 Å². The third-order valence-electron chi connectivity index (χ3n) is 2.96. The summed E-state index contributed by atoms with van der Waals surface area (Å²) in [4.78, 5) is 17.9. The third kappa shape index (κ3) is 2.73. The molecule has 0 radical (unpaired) electrons. The number of pyridine rings is 1. The van der Waals surface area contributed by atoms with Crippen molar-refractivity contribution in [2.75, 3.05) is 17.7 Å². The molecule has 0 saturated heterocycles. The van der Waals surface area contributed by atoms with E-state index in [1.807, 2.05) is 32.0 Å². The predicted molar refractivity (Wildman–Crippen MR) is 77.3 cm³/mol. The monoisotopic (exact) mass is 255 g/mol. The number of carbonyl (C=O) groups is 1. The summed E-state index contributed by atoms with van der Waals surface area (Å²) >= 11 is 0. The molecule has 19 heavy (non-hydrogen) atoms. The number of aryl methyl sites for hydroxylation is 2. The summed E-state index contributed by atoms with van der Waals surface area (Å²) in [5.74, 6) is -0.0790. The van der Waals surface area contributed by atoms with E-state index in [2.05, 4.69) is 4.98 Å². The summed E-state index contributed by atoms with van der Waals surface area (Å²) in [6.07, 6.45) is 3.16. The Kier molecular flexibility index (Phi) is 3.51. The van der Waals surface area contributed by atoms with Gasteiger partial charge in [-0.3, -0.25) is 9.78 Å². The van der Waals surface area contributed by atoms with Gasteiger partial charge in [0.2, 0.25) is 0 Å². The quantitative estimate of drug-likeness (QED) is 0.897. The molecule has 1 aromatic heterocycles. The van der Waals surface area contributed by atoms with Gasteiger partial charge in [0.1, 0.15) is 0 Å². The molecule has 0 unspecified atom stereocenters. The molecule has 0 atom stereocenters. The topological polar surface area (TPSA) is 59.2 Å². The predicted octanol–water partition coefficient (Wildman–Crippen LogP) is 2.56. The Bertz CT molecular complexity index is 602. The summed E-state index contributed by atoms with van der Waals surface area (Å²) in [6.45, 7) is 3.95. The van der Waals surface area contributed by atoms with Crippen LogP contribution in [0.5, 0.6) is 0 Å². The zero-order chi connectivity index (χ0) is 14.0. The van der Waals surface area contributed by atoms with E-state index in [0.29, 0.717) is 16.9 Å². The normalized spacial score (nSPS) is 10.3. The summed E-state index contributed by atoms with van der Waals surface area (Å²) in [7, 11) is 1.71. The van der Waals surface area contributed by atoms with Gasteiger partial charge in [-0.15, -0.1) is 0 Å². The minimum atomic E-state index is -0.0790. The first kappa shape index (κ1) is 13.1. The number of amides is 1. The van der Waals surface area contributed by atoms with Crippen molar-refractivity contribution in [3.05, 3.63) is 53.3 Å². The second-order valence-electron chi connectivity index (χ2n) is 4.68. The number of aromatic nitrogens is 1. The van der Waals surface area contributed by atoms with Gasteiger partial charge < -0.3 is 10.6 Å². The highest BCUT2D eigenvalue weighted by Crippen LogP contribution is 2.22. The lowest BCUT2D eigenvalue weighted by atomic mass is 10.1. The van der Waals surface area contributed by atoms with Gasteiger partial charge in [0.15, 0.2) is 0 Å². The Morgan fingerprint density at radius 1 is 1.21 bits per heavy atom. The minimum Gasteiger partial charge on any atom is -0.396 e. The minimum absolute atomic E-state index is 0.0790. The molecular formula is C15H17N3O. The first-order valence-corrected chi connectivity index (χ1v) is 6.05. The molecule has 0 spiro atoms. The van der Waals surface area contributed by atoms with Gasteiger partial charge in [-0.05, 0) is 32.0 Å². The lowest BCUT2D eigenvalue weighted by molar-refractivity contribution is 0.0993.